The van der Waals surface area contributed by atoms with Crippen molar-refractivity contribution < 1.29 is 9.53 Å². The van der Waals surface area contributed by atoms with Gasteiger partial charge < -0.3 is 4.74 Å². The molecule has 0 radical (unpaired) electrons. The zero-order valence-corrected chi connectivity index (χ0v) is 11.2. The fourth-order valence-electron chi connectivity index (χ4n) is 2.39. The van der Waals surface area contributed by atoms with Crippen molar-refractivity contribution in [2.24, 2.45) is 5.92 Å². The first-order valence-corrected chi connectivity index (χ1v) is 6.55. The second-order valence-corrected chi connectivity index (χ2v) is 5.12. The average molecular weight is 247 g/mol. The van der Waals surface area contributed by atoms with E-state index in [2.05, 4.69) is 4.90 Å². The molecule has 98 valence electrons. The zero-order chi connectivity index (χ0) is 13.0. The standard InChI is InChI=1S/C15H21NO2/c1-16(10-12-6-5-7-12)11-14(17)13-8-3-4-9-15(13)18-2/h3-4,8-9,12H,5-7,10-11H2,1-2H3. The van der Waals surface area contributed by atoms with Crippen LogP contribution in [-0.2, 0) is 0 Å². The van der Waals surface area contributed by atoms with Gasteiger partial charge in [-0.25, -0.2) is 0 Å². The van der Waals surface area contributed by atoms with Crippen LogP contribution in [0.1, 0.15) is 29.6 Å². The van der Waals surface area contributed by atoms with E-state index >= 15 is 0 Å². The van der Waals surface area contributed by atoms with Crippen molar-refractivity contribution in [3.05, 3.63) is 29.8 Å². The number of ether oxygens (including phenoxy) is 1. The lowest BCUT2D eigenvalue weighted by Crippen LogP contribution is -2.33. The minimum atomic E-state index is 0.134. The number of hydrogen-bond donors (Lipinski definition) is 0. The number of benzene rings is 1. The van der Waals surface area contributed by atoms with Crippen molar-refractivity contribution in [1.82, 2.24) is 4.90 Å². The smallest absolute Gasteiger partial charge is 0.180 e. The zero-order valence-electron chi connectivity index (χ0n) is 11.2. The van der Waals surface area contributed by atoms with E-state index in [9.17, 15) is 4.79 Å². The molecule has 0 heterocycles. The van der Waals surface area contributed by atoms with E-state index in [0.29, 0.717) is 17.9 Å². The quantitative estimate of drug-likeness (QED) is 0.724. The number of methoxy groups -OCH3 is 1. The minimum Gasteiger partial charge on any atom is -0.496 e. The summed E-state index contributed by atoms with van der Waals surface area (Å²) < 4.78 is 5.22. The summed E-state index contributed by atoms with van der Waals surface area (Å²) in [7, 11) is 3.62. The molecule has 0 unspecified atom stereocenters. The highest BCUT2D eigenvalue weighted by Gasteiger charge is 2.21. The van der Waals surface area contributed by atoms with Gasteiger partial charge in [-0.1, -0.05) is 18.6 Å². The number of carbonyl (C=O) groups excluding carboxylic acids is 1. The highest BCUT2D eigenvalue weighted by Crippen LogP contribution is 2.27. The molecule has 0 bridgehead atoms. The van der Waals surface area contributed by atoms with Gasteiger partial charge in [0.1, 0.15) is 5.75 Å². The molecule has 3 nitrogen and oxygen atoms in total. The molecule has 1 aliphatic carbocycles. The van der Waals surface area contributed by atoms with Crippen LogP contribution in [0.15, 0.2) is 24.3 Å². The van der Waals surface area contributed by atoms with Crippen LogP contribution >= 0.6 is 0 Å². The van der Waals surface area contributed by atoms with E-state index < -0.39 is 0 Å². The Kier molecular flexibility index (Phi) is 4.37. The van der Waals surface area contributed by atoms with Crippen molar-refractivity contribution in [1.29, 1.82) is 0 Å². The number of hydrogen-bond acceptors (Lipinski definition) is 3. The number of carbonyl (C=O) groups is 1. The van der Waals surface area contributed by atoms with E-state index in [4.69, 9.17) is 4.74 Å². The first-order valence-electron chi connectivity index (χ1n) is 6.55. The van der Waals surface area contributed by atoms with Crippen LogP contribution in [0.2, 0.25) is 0 Å². The Balaban J connectivity index is 1.93. The van der Waals surface area contributed by atoms with Crippen molar-refractivity contribution in [2.45, 2.75) is 19.3 Å². The number of nitrogens with zero attached hydrogens (tertiary/aromatic N) is 1. The first kappa shape index (κ1) is 13.1. The molecule has 1 fully saturated rings. The molecule has 1 aromatic rings. The summed E-state index contributed by atoms with van der Waals surface area (Å²) in [6.45, 7) is 1.50. The lowest BCUT2D eigenvalue weighted by atomic mass is 9.85. The Labute approximate surface area is 109 Å². The molecular formula is C15H21NO2. The summed E-state index contributed by atoms with van der Waals surface area (Å²) in [6, 6.07) is 7.42. The van der Waals surface area contributed by atoms with Gasteiger partial charge in [0.25, 0.3) is 0 Å². The van der Waals surface area contributed by atoms with Gasteiger partial charge in [0.15, 0.2) is 5.78 Å². The molecule has 0 spiro atoms. The highest BCUT2D eigenvalue weighted by molar-refractivity contribution is 6.00. The van der Waals surface area contributed by atoms with Gasteiger partial charge in [-0.15, -0.1) is 0 Å². The van der Waals surface area contributed by atoms with Crippen molar-refractivity contribution in [2.75, 3.05) is 27.2 Å². The Morgan fingerprint density at radius 3 is 2.72 bits per heavy atom. The van der Waals surface area contributed by atoms with E-state index in [1.807, 2.05) is 31.3 Å². The Bertz CT molecular complexity index is 413. The van der Waals surface area contributed by atoms with Crippen LogP contribution in [0.3, 0.4) is 0 Å². The molecule has 0 aromatic heterocycles. The predicted octanol–water partition coefficient (Wildman–Crippen LogP) is 2.61. The molecule has 1 aromatic carbocycles. The fraction of sp³-hybridized carbons (Fsp3) is 0.533. The number of Topliss-reactive ketones (excluding diaryl/α,β-unsaturated/α-hetero) is 1. The maximum Gasteiger partial charge on any atom is 0.180 e. The van der Waals surface area contributed by atoms with Crippen LogP contribution in [-0.4, -0.2) is 37.9 Å². The number of rotatable bonds is 6. The van der Waals surface area contributed by atoms with E-state index in [-0.39, 0.29) is 5.78 Å². The van der Waals surface area contributed by atoms with E-state index in [0.717, 1.165) is 12.5 Å². The number of para-hydroxylation sites is 1. The van der Waals surface area contributed by atoms with Crippen LogP contribution in [0, 0.1) is 5.92 Å². The topological polar surface area (TPSA) is 29.5 Å². The van der Waals surface area contributed by atoms with Gasteiger partial charge >= 0.3 is 0 Å². The van der Waals surface area contributed by atoms with Gasteiger partial charge in [0, 0.05) is 6.54 Å². The third-order valence-electron chi connectivity index (χ3n) is 3.62. The molecule has 2 rings (SSSR count). The molecule has 0 amide bonds. The Hall–Kier alpha value is -1.35. The maximum absolute atomic E-state index is 12.2. The molecular weight excluding hydrogens is 226 g/mol. The third-order valence-corrected chi connectivity index (χ3v) is 3.62. The Morgan fingerprint density at radius 2 is 2.11 bits per heavy atom. The summed E-state index contributed by atoms with van der Waals surface area (Å²) in [4.78, 5) is 14.3. The van der Waals surface area contributed by atoms with Crippen LogP contribution in [0.4, 0.5) is 0 Å². The molecule has 0 atom stereocenters. The molecule has 0 aliphatic heterocycles. The second kappa shape index (κ2) is 6.01. The minimum absolute atomic E-state index is 0.134. The van der Waals surface area contributed by atoms with Gasteiger partial charge in [-0.3, -0.25) is 9.69 Å². The van der Waals surface area contributed by atoms with Crippen LogP contribution < -0.4 is 4.74 Å². The van der Waals surface area contributed by atoms with Gasteiger partial charge in [-0.05, 0) is 37.9 Å². The SMILES string of the molecule is COc1ccccc1C(=O)CN(C)CC1CCC1. The van der Waals surface area contributed by atoms with Crippen molar-refractivity contribution in [3.63, 3.8) is 0 Å². The highest BCUT2D eigenvalue weighted by atomic mass is 16.5. The maximum atomic E-state index is 12.2. The first-order chi connectivity index (χ1) is 8.70. The predicted molar refractivity (Wildman–Crippen MR) is 72.2 cm³/mol. The lowest BCUT2D eigenvalue weighted by Gasteiger charge is -2.29. The summed E-state index contributed by atoms with van der Waals surface area (Å²) in [5.74, 6) is 1.59. The number of likely N-dealkylation sites (N-methyl/N-ethyl adjacent to an activating group) is 1. The normalized spacial score (nSPS) is 15.5. The fourth-order valence-corrected chi connectivity index (χ4v) is 2.39. The largest absolute Gasteiger partial charge is 0.496 e. The monoisotopic (exact) mass is 247 g/mol. The van der Waals surface area contributed by atoms with Crippen molar-refractivity contribution >= 4 is 5.78 Å². The summed E-state index contributed by atoms with van der Waals surface area (Å²) >= 11 is 0. The average Bonchev–Trinajstić information content (AvgIpc) is 2.33. The third kappa shape index (κ3) is 3.10. The Morgan fingerprint density at radius 1 is 1.39 bits per heavy atom. The summed E-state index contributed by atoms with van der Waals surface area (Å²) in [5.41, 5.74) is 0.681. The molecule has 0 N–H and O–H groups in total. The molecule has 1 saturated carbocycles. The lowest BCUT2D eigenvalue weighted by molar-refractivity contribution is 0.0922. The summed E-state index contributed by atoms with van der Waals surface area (Å²) in [6.07, 6.45) is 3.97. The van der Waals surface area contributed by atoms with Gasteiger partial charge in [-0.2, -0.15) is 0 Å². The van der Waals surface area contributed by atoms with Crippen LogP contribution in [0.25, 0.3) is 0 Å². The molecule has 1 aliphatic rings. The molecule has 0 saturated heterocycles. The number of ketones is 1. The molecule has 3 heteroatoms. The molecule has 18 heavy (non-hydrogen) atoms. The van der Waals surface area contributed by atoms with E-state index in [1.165, 1.54) is 19.3 Å². The van der Waals surface area contributed by atoms with E-state index in [1.54, 1.807) is 7.11 Å². The van der Waals surface area contributed by atoms with Crippen molar-refractivity contribution in [3.8, 4) is 5.75 Å². The van der Waals surface area contributed by atoms with Gasteiger partial charge in [0.05, 0.1) is 19.2 Å². The van der Waals surface area contributed by atoms with Gasteiger partial charge in [0.2, 0.25) is 0 Å². The second-order valence-electron chi connectivity index (χ2n) is 5.12. The summed E-state index contributed by atoms with van der Waals surface area (Å²) in [5, 5.41) is 0. The van der Waals surface area contributed by atoms with Crippen LogP contribution in [0.5, 0.6) is 5.75 Å².